The summed E-state index contributed by atoms with van der Waals surface area (Å²) < 4.78 is 0. The zero-order chi connectivity index (χ0) is 10.3. The number of hydrogen-bond donors (Lipinski definition) is 0. The fourth-order valence-electron chi connectivity index (χ4n) is 1.26. The van der Waals surface area contributed by atoms with Crippen molar-refractivity contribution in [3.63, 3.8) is 0 Å². The first kappa shape index (κ1) is 12.4. The number of rotatable bonds is 6. The number of likely N-dealkylation sites (N-methyl/N-ethyl adjacent to an activating group) is 2. The zero-order valence-corrected chi connectivity index (χ0v) is 9.05. The van der Waals surface area contributed by atoms with Crippen molar-refractivity contribution in [1.29, 1.82) is 0 Å². The maximum Gasteiger partial charge on any atom is 0.223 e. The molecule has 0 saturated heterocycles. The third-order valence-corrected chi connectivity index (χ3v) is 2.31. The van der Waals surface area contributed by atoms with Crippen molar-refractivity contribution in [3.05, 3.63) is 6.92 Å². The van der Waals surface area contributed by atoms with Crippen LogP contribution in [0.5, 0.6) is 0 Å². The fraction of sp³-hybridized carbons (Fsp3) is 0.800. The molecule has 0 heterocycles. The van der Waals surface area contributed by atoms with Crippen LogP contribution >= 0.6 is 0 Å². The molecule has 0 aromatic carbocycles. The molecule has 0 rings (SSSR count). The van der Waals surface area contributed by atoms with Crippen molar-refractivity contribution in [3.8, 4) is 0 Å². The Morgan fingerprint density at radius 1 is 1.08 bits per heavy atom. The van der Waals surface area contributed by atoms with E-state index in [2.05, 4.69) is 25.7 Å². The molecular weight excluding hydrogens is 164 g/mol. The molecule has 0 aliphatic rings. The lowest BCUT2D eigenvalue weighted by molar-refractivity contribution is -0.126. The van der Waals surface area contributed by atoms with Crippen molar-refractivity contribution < 1.29 is 4.79 Å². The molecule has 0 aromatic heterocycles. The van der Waals surface area contributed by atoms with E-state index in [1.54, 1.807) is 4.90 Å². The van der Waals surface area contributed by atoms with Gasteiger partial charge >= 0.3 is 0 Å². The summed E-state index contributed by atoms with van der Waals surface area (Å²) in [6.45, 7) is 14.2. The first-order chi connectivity index (χ1) is 6.15. The van der Waals surface area contributed by atoms with Crippen molar-refractivity contribution in [2.75, 3.05) is 32.7 Å². The summed E-state index contributed by atoms with van der Waals surface area (Å²) >= 11 is 0. The molecule has 0 aliphatic carbocycles. The molecule has 77 valence electrons. The van der Waals surface area contributed by atoms with Crippen LogP contribution in [0.15, 0.2) is 0 Å². The highest BCUT2D eigenvalue weighted by molar-refractivity contribution is 5.80. The SMILES string of the molecule is [CH2]C(=O)N(CC)CCN(CC)CC. The van der Waals surface area contributed by atoms with Crippen molar-refractivity contribution >= 4 is 5.91 Å². The van der Waals surface area contributed by atoms with Crippen molar-refractivity contribution in [2.24, 2.45) is 0 Å². The molecule has 0 atom stereocenters. The van der Waals surface area contributed by atoms with E-state index in [1.807, 2.05) is 6.92 Å². The molecule has 1 radical (unpaired) electrons. The summed E-state index contributed by atoms with van der Waals surface area (Å²) in [5.74, 6) is -0.0744. The third-order valence-electron chi connectivity index (χ3n) is 2.31. The van der Waals surface area contributed by atoms with E-state index >= 15 is 0 Å². The molecule has 13 heavy (non-hydrogen) atoms. The number of nitrogens with zero attached hydrogens (tertiary/aromatic N) is 2. The summed E-state index contributed by atoms with van der Waals surface area (Å²) in [5.41, 5.74) is 0. The van der Waals surface area contributed by atoms with Gasteiger partial charge < -0.3 is 9.80 Å². The summed E-state index contributed by atoms with van der Waals surface area (Å²) in [7, 11) is 0. The quantitative estimate of drug-likeness (QED) is 0.616. The number of carbonyl (C=O) groups is 1. The molecule has 0 N–H and O–H groups in total. The van der Waals surface area contributed by atoms with Crippen LogP contribution in [0.1, 0.15) is 20.8 Å². The topological polar surface area (TPSA) is 23.6 Å². The Kier molecular flexibility index (Phi) is 6.59. The number of carbonyl (C=O) groups excluding carboxylic acids is 1. The Morgan fingerprint density at radius 3 is 1.92 bits per heavy atom. The lowest BCUT2D eigenvalue weighted by Gasteiger charge is -2.24. The van der Waals surface area contributed by atoms with E-state index in [0.29, 0.717) is 0 Å². The average Bonchev–Trinajstić information content (AvgIpc) is 2.12. The second-order valence-corrected chi connectivity index (χ2v) is 3.00. The van der Waals surface area contributed by atoms with Crippen LogP contribution < -0.4 is 0 Å². The second-order valence-electron chi connectivity index (χ2n) is 3.00. The van der Waals surface area contributed by atoms with Crippen LogP contribution in [0.3, 0.4) is 0 Å². The standard InChI is InChI=1S/C10H21N2O/c1-5-11(6-2)8-9-12(7-3)10(4)13/h4-9H2,1-3H3. The molecule has 0 fully saturated rings. The molecule has 0 saturated carbocycles. The first-order valence-electron chi connectivity index (χ1n) is 4.98. The maximum absolute atomic E-state index is 11.0. The minimum atomic E-state index is -0.0744. The predicted octanol–water partition coefficient (Wildman–Crippen LogP) is 1.01. The van der Waals surface area contributed by atoms with Crippen LogP contribution in [0, 0.1) is 6.92 Å². The summed E-state index contributed by atoms with van der Waals surface area (Å²) in [6.07, 6.45) is 0. The van der Waals surface area contributed by atoms with Crippen LogP contribution in [0.2, 0.25) is 0 Å². The number of amides is 1. The van der Waals surface area contributed by atoms with Gasteiger partial charge in [0.05, 0.1) is 0 Å². The van der Waals surface area contributed by atoms with Gasteiger partial charge in [-0.05, 0) is 20.0 Å². The monoisotopic (exact) mass is 185 g/mol. The zero-order valence-electron chi connectivity index (χ0n) is 9.05. The van der Waals surface area contributed by atoms with Gasteiger partial charge in [0.25, 0.3) is 0 Å². The molecule has 0 spiro atoms. The summed E-state index contributed by atoms with van der Waals surface area (Å²) in [6, 6.07) is 0. The Bertz CT molecular complexity index is 144. The van der Waals surface area contributed by atoms with Gasteiger partial charge in [0, 0.05) is 26.6 Å². The minimum Gasteiger partial charge on any atom is -0.342 e. The summed E-state index contributed by atoms with van der Waals surface area (Å²) in [4.78, 5) is 15.0. The van der Waals surface area contributed by atoms with Gasteiger partial charge in [-0.3, -0.25) is 4.79 Å². The molecule has 0 bridgehead atoms. The minimum absolute atomic E-state index is 0.0744. The molecule has 0 aliphatic heterocycles. The number of hydrogen-bond acceptors (Lipinski definition) is 2. The molecular formula is C10H21N2O. The van der Waals surface area contributed by atoms with Crippen LogP contribution in [-0.4, -0.2) is 48.4 Å². The fourth-order valence-corrected chi connectivity index (χ4v) is 1.26. The smallest absolute Gasteiger partial charge is 0.223 e. The van der Waals surface area contributed by atoms with E-state index in [9.17, 15) is 4.79 Å². The molecule has 3 heteroatoms. The molecule has 1 amide bonds. The average molecular weight is 185 g/mol. The summed E-state index contributed by atoms with van der Waals surface area (Å²) in [5, 5.41) is 0. The van der Waals surface area contributed by atoms with Crippen molar-refractivity contribution in [2.45, 2.75) is 20.8 Å². The van der Waals surface area contributed by atoms with Gasteiger partial charge in [-0.15, -0.1) is 0 Å². The van der Waals surface area contributed by atoms with E-state index in [4.69, 9.17) is 0 Å². The highest BCUT2D eigenvalue weighted by atomic mass is 16.2. The largest absolute Gasteiger partial charge is 0.342 e. The van der Waals surface area contributed by atoms with E-state index in [0.717, 1.165) is 32.7 Å². The lowest BCUT2D eigenvalue weighted by atomic mass is 10.4. The van der Waals surface area contributed by atoms with Gasteiger partial charge in [-0.2, -0.15) is 0 Å². The van der Waals surface area contributed by atoms with Gasteiger partial charge in [0.15, 0.2) is 0 Å². The Labute approximate surface area is 81.7 Å². The van der Waals surface area contributed by atoms with Gasteiger partial charge in [-0.1, -0.05) is 13.8 Å². The van der Waals surface area contributed by atoms with E-state index < -0.39 is 0 Å². The van der Waals surface area contributed by atoms with Crippen LogP contribution in [-0.2, 0) is 4.79 Å². The highest BCUT2D eigenvalue weighted by Gasteiger charge is 2.07. The van der Waals surface area contributed by atoms with E-state index in [-0.39, 0.29) is 5.91 Å². The molecule has 3 nitrogen and oxygen atoms in total. The van der Waals surface area contributed by atoms with Crippen LogP contribution in [0.4, 0.5) is 0 Å². The maximum atomic E-state index is 11.0. The van der Waals surface area contributed by atoms with Crippen LogP contribution in [0.25, 0.3) is 0 Å². The van der Waals surface area contributed by atoms with Crippen molar-refractivity contribution in [1.82, 2.24) is 9.80 Å². The molecule has 0 unspecified atom stereocenters. The Morgan fingerprint density at radius 2 is 1.62 bits per heavy atom. The lowest BCUT2D eigenvalue weighted by Crippen LogP contribution is -2.37. The van der Waals surface area contributed by atoms with Gasteiger partial charge in [0.1, 0.15) is 0 Å². The Balaban J connectivity index is 3.76. The highest BCUT2D eigenvalue weighted by Crippen LogP contribution is 1.92. The predicted molar refractivity (Wildman–Crippen MR) is 55.4 cm³/mol. The van der Waals surface area contributed by atoms with Gasteiger partial charge in [-0.25, -0.2) is 0 Å². The first-order valence-corrected chi connectivity index (χ1v) is 4.98. The third kappa shape index (κ3) is 4.88. The normalized spacial score (nSPS) is 10.5. The molecule has 0 aromatic rings. The second kappa shape index (κ2) is 6.89. The van der Waals surface area contributed by atoms with E-state index in [1.165, 1.54) is 0 Å². The van der Waals surface area contributed by atoms with Gasteiger partial charge in [0.2, 0.25) is 5.91 Å². The Hall–Kier alpha value is -0.570.